The molecule has 0 aliphatic carbocycles. The van der Waals surface area contributed by atoms with Gasteiger partial charge >= 0.3 is 6.09 Å². The number of nitrogens with zero attached hydrogens (tertiary/aromatic N) is 2. The van der Waals surface area contributed by atoms with Crippen molar-refractivity contribution in [2.24, 2.45) is 0 Å². The van der Waals surface area contributed by atoms with E-state index in [2.05, 4.69) is 15.6 Å². The fraction of sp³-hybridized carbons (Fsp3) is 0.250. The van der Waals surface area contributed by atoms with Crippen LogP contribution in [-0.2, 0) is 11.2 Å². The summed E-state index contributed by atoms with van der Waals surface area (Å²) in [6.07, 6.45) is 0.759. The number of amides is 2. The summed E-state index contributed by atoms with van der Waals surface area (Å²) in [6, 6.07) is 11.8. The largest absolute Gasteiger partial charge is 0.465 e. The van der Waals surface area contributed by atoms with E-state index in [9.17, 15) is 18.7 Å². The first-order chi connectivity index (χ1) is 14.2. The molecule has 30 heavy (non-hydrogen) atoms. The zero-order valence-corrected chi connectivity index (χ0v) is 17.4. The van der Waals surface area contributed by atoms with Crippen LogP contribution in [0.25, 0.3) is 4.91 Å². The molecule has 0 bridgehead atoms. The number of carbonyl (C=O) groups is 2. The normalized spacial score (nSPS) is 16.7. The Kier molecular flexibility index (Phi) is 6.30. The SMILES string of the molecule is CC(C)N1C(=O)C(NCCc2ccnc(NC(=O)O)c2)=C(c2ccccc2)S1(O)O. The summed E-state index contributed by atoms with van der Waals surface area (Å²) >= 11 is 0. The van der Waals surface area contributed by atoms with Crippen molar-refractivity contribution in [3.05, 3.63) is 65.5 Å². The summed E-state index contributed by atoms with van der Waals surface area (Å²) in [5.74, 6) is -0.256. The van der Waals surface area contributed by atoms with Gasteiger partial charge in [-0.05, 0) is 38.0 Å². The first-order valence-electron chi connectivity index (χ1n) is 9.32. The van der Waals surface area contributed by atoms with E-state index in [-0.39, 0.29) is 16.4 Å². The molecule has 10 heteroatoms. The summed E-state index contributed by atoms with van der Waals surface area (Å²) < 4.78 is 22.9. The van der Waals surface area contributed by atoms with Crippen molar-refractivity contribution < 1.29 is 23.8 Å². The minimum atomic E-state index is -3.48. The zero-order chi connectivity index (χ0) is 21.9. The predicted octanol–water partition coefficient (Wildman–Crippen LogP) is 3.59. The summed E-state index contributed by atoms with van der Waals surface area (Å²) in [6.45, 7) is 3.78. The van der Waals surface area contributed by atoms with Gasteiger partial charge in [0, 0.05) is 24.3 Å². The molecule has 5 N–H and O–H groups in total. The second kappa shape index (κ2) is 8.74. The molecule has 1 aliphatic heterocycles. The standard InChI is InChI=1S/C20H24N4O5S/c1-13(2)24-19(25)17(18(30(24,28)29)15-6-4-3-5-7-15)22-11-9-14-8-10-21-16(12-14)23-20(26)27/h3-8,10,12-13,22,28-29H,9,11H2,1-2H3,(H,21,23)(H,26,27). The minimum absolute atomic E-state index is 0.160. The number of hydrogen-bond donors (Lipinski definition) is 5. The first kappa shape index (κ1) is 21.6. The van der Waals surface area contributed by atoms with Crippen molar-refractivity contribution in [3.63, 3.8) is 0 Å². The predicted molar refractivity (Wildman–Crippen MR) is 116 cm³/mol. The number of anilines is 1. The van der Waals surface area contributed by atoms with Crippen LogP contribution in [0.2, 0.25) is 0 Å². The van der Waals surface area contributed by atoms with Crippen molar-refractivity contribution >= 4 is 33.5 Å². The van der Waals surface area contributed by atoms with Crippen LogP contribution in [0.1, 0.15) is 25.0 Å². The molecular formula is C20H24N4O5S. The summed E-state index contributed by atoms with van der Waals surface area (Å²) in [5.41, 5.74) is 1.53. The molecule has 3 rings (SSSR count). The third-order valence-corrected chi connectivity index (χ3v) is 6.59. The van der Waals surface area contributed by atoms with Crippen molar-refractivity contribution in [1.82, 2.24) is 14.6 Å². The lowest BCUT2D eigenvalue weighted by Crippen LogP contribution is -2.37. The topological polar surface area (TPSA) is 135 Å². The van der Waals surface area contributed by atoms with E-state index in [4.69, 9.17) is 5.11 Å². The molecule has 2 aromatic rings. The van der Waals surface area contributed by atoms with E-state index in [1.54, 1.807) is 50.2 Å². The molecule has 0 unspecified atom stereocenters. The van der Waals surface area contributed by atoms with Crippen LogP contribution in [-0.4, -0.2) is 48.1 Å². The average Bonchev–Trinajstić information content (AvgIpc) is 2.87. The quantitative estimate of drug-likeness (QED) is 0.451. The molecule has 0 saturated heterocycles. The van der Waals surface area contributed by atoms with E-state index in [0.29, 0.717) is 18.5 Å². The number of carbonyl (C=O) groups excluding carboxylic acids is 1. The van der Waals surface area contributed by atoms with E-state index >= 15 is 0 Å². The molecule has 0 fully saturated rings. The average molecular weight is 433 g/mol. The smallest absolute Gasteiger partial charge is 0.410 e. The van der Waals surface area contributed by atoms with Gasteiger partial charge in [0.05, 0.1) is 0 Å². The molecule has 1 aromatic carbocycles. The highest BCUT2D eigenvalue weighted by molar-refractivity contribution is 8.31. The number of aromatic nitrogens is 1. The fourth-order valence-corrected chi connectivity index (χ4v) is 5.27. The number of hydrogen-bond acceptors (Lipinski definition) is 6. The maximum atomic E-state index is 13.0. The highest BCUT2D eigenvalue weighted by Crippen LogP contribution is 2.62. The molecule has 2 heterocycles. The van der Waals surface area contributed by atoms with Crippen LogP contribution in [0, 0.1) is 0 Å². The Morgan fingerprint density at radius 3 is 2.53 bits per heavy atom. The Morgan fingerprint density at radius 2 is 1.90 bits per heavy atom. The Hall–Kier alpha value is -3.08. The van der Waals surface area contributed by atoms with Crippen molar-refractivity contribution in [1.29, 1.82) is 0 Å². The van der Waals surface area contributed by atoms with Crippen LogP contribution in [0.5, 0.6) is 0 Å². The second-order valence-corrected chi connectivity index (χ2v) is 8.81. The number of benzene rings is 1. The Morgan fingerprint density at radius 1 is 1.20 bits per heavy atom. The summed E-state index contributed by atoms with van der Waals surface area (Å²) in [7, 11) is -3.48. The van der Waals surface area contributed by atoms with Gasteiger partial charge in [0.2, 0.25) is 0 Å². The van der Waals surface area contributed by atoms with Crippen molar-refractivity contribution in [2.75, 3.05) is 11.9 Å². The van der Waals surface area contributed by atoms with Crippen LogP contribution in [0.3, 0.4) is 0 Å². The zero-order valence-electron chi connectivity index (χ0n) is 16.6. The molecular weight excluding hydrogens is 408 g/mol. The van der Waals surface area contributed by atoms with Crippen molar-refractivity contribution in [3.8, 4) is 0 Å². The Bertz CT molecular complexity index is 978. The molecule has 1 aromatic heterocycles. The molecule has 0 atom stereocenters. The highest BCUT2D eigenvalue weighted by Gasteiger charge is 2.45. The van der Waals surface area contributed by atoms with E-state index < -0.39 is 28.8 Å². The number of rotatable bonds is 7. The lowest BCUT2D eigenvalue weighted by molar-refractivity contribution is -0.123. The maximum Gasteiger partial charge on any atom is 0.410 e. The minimum Gasteiger partial charge on any atom is -0.465 e. The van der Waals surface area contributed by atoms with Crippen LogP contribution in [0.4, 0.5) is 10.6 Å². The van der Waals surface area contributed by atoms with E-state index in [1.807, 2.05) is 6.07 Å². The molecule has 160 valence electrons. The van der Waals surface area contributed by atoms with Crippen LogP contribution in [0.15, 0.2) is 54.4 Å². The lowest BCUT2D eigenvalue weighted by Gasteiger charge is -2.40. The van der Waals surface area contributed by atoms with E-state index in [1.165, 1.54) is 6.20 Å². The van der Waals surface area contributed by atoms with Gasteiger partial charge in [0.25, 0.3) is 5.91 Å². The third kappa shape index (κ3) is 4.40. The summed E-state index contributed by atoms with van der Waals surface area (Å²) in [4.78, 5) is 27.9. The molecule has 2 amide bonds. The van der Waals surface area contributed by atoms with Gasteiger partial charge in [-0.2, -0.15) is 0 Å². The van der Waals surface area contributed by atoms with Crippen LogP contribution >= 0.6 is 10.8 Å². The number of carboxylic acid groups (broad SMARTS) is 1. The van der Waals surface area contributed by atoms with Gasteiger partial charge < -0.3 is 10.4 Å². The van der Waals surface area contributed by atoms with Crippen LogP contribution < -0.4 is 10.6 Å². The van der Waals surface area contributed by atoms with Crippen molar-refractivity contribution in [2.45, 2.75) is 26.3 Å². The number of nitrogens with one attached hydrogen (secondary N) is 2. The van der Waals surface area contributed by atoms with Gasteiger partial charge in [0.15, 0.2) is 0 Å². The Balaban J connectivity index is 1.84. The Labute approximate surface area is 175 Å². The highest BCUT2D eigenvalue weighted by atomic mass is 32.3. The molecule has 0 radical (unpaired) electrons. The van der Waals surface area contributed by atoms with Gasteiger partial charge in [-0.3, -0.25) is 19.2 Å². The second-order valence-electron chi connectivity index (χ2n) is 6.97. The lowest BCUT2D eigenvalue weighted by atomic mass is 10.1. The number of pyridine rings is 1. The molecule has 0 saturated carbocycles. The molecule has 9 nitrogen and oxygen atoms in total. The molecule has 1 aliphatic rings. The van der Waals surface area contributed by atoms with Gasteiger partial charge in [-0.25, -0.2) is 14.1 Å². The van der Waals surface area contributed by atoms with Gasteiger partial charge in [0.1, 0.15) is 16.4 Å². The van der Waals surface area contributed by atoms with Gasteiger partial charge in [-0.1, -0.05) is 41.1 Å². The summed E-state index contributed by atoms with van der Waals surface area (Å²) in [5, 5.41) is 14.1. The third-order valence-electron chi connectivity index (χ3n) is 4.47. The molecule has 0 spiro atoms. The monoisotopic (exact) mass is 432 g/mol. The van der Waals surface area contributed by atoms with E-state index in [0.717, 1.165) is 9.87 Å². The maximum absolute atomic E-state index is 13.0. The fourth-order valence-electron chi connectivity index (χ4n) is 3.27. The van der Waals surface area contributed by atoms with Gasteiger partial charge in [-0.15, -0.1) is 0 Å². The first-order valence-corrected chi connectivity index (χ1v) is 10.8.